The summed E-state index contributed by atoms with van der Waals surface area (Å²) < 4.78 is 38.6. The topological polar surface area (TPSA) is 29.3 Å². The zero-order chi connectivity index (χ0) is 14.0. The van der Waals surface area contributed by atoms with Crippen LogP contribution in [0.25, 0.3) is 0 Å². The smallest absolute Gasteiger partial charge is 0.367 e. The first kappa shape index (κ1) is 14.4. The van der Waals surface area contributed by atoms with E-state index in [1.807, 2.05) is 23.1 Å². The second kappa shape index (κ2) is 5.54. The van der Waals surface area contributed by atoms with Gasteiger partial charge in [0, 0.05) is 35.4 Å². The van der Waals surface area contributed by atoms with E-state index in [-0.39, 0.29) is 13.0 Å². The average Bonchev–Trinajstić information content (AvgIpc) is 2.38. The molecule has 2 N–H and O–H groups in total. The molecule has 2 rings (SSSR count). The van der Waals surface area contributed by atoms with Gasteiger partial charge >= 0.3 is 6.18 Å². The molecule has 1 aliphatic rings. The standard InChI is InChI=1S/C13H14BrF3N2/c14-11-2-1-9(8-18)12(7-11)19-5-3-10(4-6-19)13(15,16)17/h1-3,7H,4-6,8,18H2. The van der Waals surface area contributed by atoms with Crippen molar-refractivity contribution in [2.45, 2.75) is 19.1 Å². The number of alkyl halides is 3. The van der Waals surface area contributed by atoms with Gasteiger partial charge < -0.3 is 10.6 Å². The summed E-state index contributed by atoms with van der Waals surface area (Å²) in [6, 6.07) is 5.67. The molecule has 0 bridgehead atoms. The molecule has 104 valence electrons. The number of halogens is 4. The molecule has 0 atom stereocenters. The highest BCUT2D eigenvalue weighted by atomic mass is 79.9. The molecular weight excluding hydrogens is 321 g/mol. The van der Waals surface area contributed by atoms with Crippen LogP contribution < -0.4 is 10.6 Å². The van der Waals surface area contributed by atoms with Gasteiger partial charge in [-0.05, 0) is 24.1 Å². The molecule has 1 aromatic rings. The molecule has 19 heavy (non-hydrogen) atoms. The first-order valence-electron chi connectivity index (χ1n) is 5.91. The second-order valence-electron chi connectivity index (χ2n) is 4.40. The third-order valence-corrected chi connectivity index (χ3v) is 3.67. The van der Waals surface area contributed by atoms with Gasteiger partial charge in [0.25, 0.3) is 0 Å². The quantitative estimate of drug-likeness (QED) is 0.837. The maximum atomic E-state index is 12.6. The maximum absolute atomic E-state index is 12.6. The molecular formula is C13H14BrF3N2. The summed E-state index contributed by atoms with van der Waals surface area (Å²) >= 11 is 3.37. The lowest BCUT2D eigenvalue weighted by molar-refractivity contribution is -0.0943. The van der Waals surface area contributed by atoms with Crippen LogP contribution in [0.2, 0.25) is 0 Å². The molecule has 0 unspecified atom stereocenters. The van der Waals surface area contributed by atoms with E-state index >= 15 is 0 Å². The number of nitrogens with two attached hydrogens (primary N) is 1. The van der Waals surface area contributed by atoms with Crippen molar-refractivity contribution in [3.05, 3.63) is 39.9 Å². The Bertz CT molecular complexity index is 497. The largest absolute Gasteiger partial charge is 0.412 e. The minimum absolute atomic E-state index is 0.0139. The van der Waals surface area contributed by atoms with Gasteiger partial charge in [0.1, 0.15) is 0 Å². The van der Waals surface area contributed by atoms with E-state index in [2.05, 4.69) is 15.9 Å². The highest BCUT2D eigenvalue weighted by molar-refractivity contribution is 9.10. The summed E-state index contributed by atoms with van der Waals surface area (Å²) in [6.45, 7) is 0.988. The Morgan fingerprint density at radius 2 is 2.05 bits per heavy atom. The van der Waals surface area contributed by atoms with Gasteiger partial charge in [0.05, 0.1) is 0 Å². The van der Waals surface area contributed by atoms with E-state index < -0.39 is 11.7 Å². The van der Waals surface area contributed by atoms with E-state index in [1.165, 1.54) is 6.08 Å². The summed E-state index contributed by atoms with van der Waals surface area (Å²) in [4.78, 5) is 1.92. The normalized spacial score (nSPS) is 16.5. The lowest BCUT2D eigenvalue weighted by atomic mass is 10.1. The number of hydrogen-bond acceptors (Lipinski definition) is 2. The lowest BCUT2D eigenvalue weighted by Gasteiger charge is -2.30. The predicted octanol–water partition coefficient (Wildman–Crippen LogP) is 3.61. The van der Waals surface area contributed by atoms with Crippen molar-refractivity contribution >= 4 is 21.6 Å². The Kier molecular flexibility index (Phi) is 4.20. The van der Waals surface area contributed by atoms with Crippen molar-refractivity contribution in [1.82, 2.24) is 0 Å². The molecule has 2 nitrogen and oxygen atoms in total. The Hall–Kier alpha value is -1.01. The SMILES string of the molecule is NCc1ccc(Br)cc1N1CC=C(C(F)(F)F)CC1. The average molecular weight is 335 g/mol. The van der Waals surface area contributed by atoms with Crippen LogP contribution in [0.4, 0.5) is 18.9 Å². The zero-order valence-electron chi connectivity index (χ0n) is 10.2. The molecule has 0 radical (unpaired) electrons. The van der Waals surface area contributed by atoms with E-state index in [9.17, 15) is 13.2 Å². The van der Waals surface area contributed by atoms with Gasteiger partial charge in [-0.3, -0.25) is 0 Å². The molecule has 0 amide bonds. The second-order valence-corrected chi connectivity index (χ2v) is 5.32. The summed E-state index contributed by atoms with van der Waals surface area (Å²) in [5.74, 6) is 0. The van der Waals surface area contributed by atoms with Gasteiger partial charge in [-0.1, -0.05) is 28.1 Å². The molecule has 6 heteroatoms. The summed E-state index contributed by atoms with van der Waals surface area (Å²) in [6.07, 6.45) is -2.94. The van der Waals surface area contributed by atoms with Crippen molar-refractivity contribution in [2.75, 3.05) is 18.0 Å². The van der Waals surface area contributed by atoms with E-state index in [1.54, 1.807) is 0 Å². The van der Waals surface area contributed by atoms with Gasteiger partial charge in [-0.25, -0.2) is 0 Å². The van der Waals surface area contributed by atoms with Crippen LogP contribution in [-0.4, -0.2) is 19.3 Å². The number of rotatable bonds is 2. The van der Waals surface area contributed by atoms with E-state index in [4.69, 9.17) is 5.73 Å². The highest BCUT2D eigenvalue weighted by Crippen LogP contribution is 2.33. The molecule has 0 saturated heterocycles. The van der Waals surface area contributed by atoms with Crippen molar-refractivity contribution in [1.29, 1.82) is 0 Å². The van der Waals surface area contributed by atoms with Crippen LogP contribution in [0.1, 0.15) is 12.0 Å². The highest BCUT2D eigenvalue weighted by Gasteiger charge is 2.34. The van der Waals surface area contributed by atoms with Crippen LogP contribution in [0.5, 0.6) is 0 Å². The maximum Gasteiger partial charge on any atom is 0.412 e. The van der Waals surface area contributed by atoms with Crippen LogP contribution in [0.15, 0.2) is 34.3 Å². The Balaban J connectivity index is 2.22. The van der Waals surface area contributed by atoms with Crippen molar-refractivity contribution in [2.24, 2.45) is 5.73 Å². The third kappa shape index (κ3) is 3.30. The molecule has 0 fully saturated rings. The van der Waals surface area contributed by atoms with Crippen LogP contribution in [-0.2, 0) is 6.54 Å². The lowest BCUT2D eigenvalue weighted by Crippen LogP contribution is -2.32. The fourth-order valence-corrected chi connectivity index (χ4v) is 2.50. The van der Waals surface area contributed by atoms with Crippen LogP contribution in [0, 0.1) is 0 Å². The zero-order valence-corrected chi connectivity index (χ0v) is 11.8. The van der Waals surface area contributed by atoms with Gasteiger partial charge in [-0.2, -0.15) is 13.2 Å². The molecule has 0 aromatic heterocycles. The van der Waals surface area contributed by atoms with Gasteiger partial charge in [0.15, 0.2) is 0 Å². The summed E-state index contributed by atoms with van der Waals surface area (Å²) in [5.41, 5.74) is 7.06. The molecule has 0 saturated carbocycles. The predicted molar refractivity (Wildman–Crippen MR) is 73.0 cm³/mol. The fourth-order valence-electron chi connectivity index (χ4n) is 2.15. The number of anilines is 1. The molecule has 1 aliphatic heterocycles. The monoisotopic (exact) mass is 334 g/mol. The van der Waals surface area contributed by atoms with Gasteiger partial charge in [0.2, 0.25) is 0 Å². The number of nitrogens with zero attached hydrogens (tertiary/aromatic N) is 1. The van der Waals surface area contributed by atoms with Crippen molar-refractivity contribution < 1.29 is 13.2 Å². The minimum atomic E-state index is -4.21. The molecule has 1 aromatic carbocycles. The third-order valence-electron chi connectivity index (χ3n) is 3.18. The number of benzene rings is 1. The Labute approximate surface area is 118 Å². The molecule has 0 spiro atoms. The Morgan fingerprint density at radius 3 is 2.58 bits per heavy atom. The van der Waals surface area contributed by atoms with Gasteiger partial charge in [-0.15, -0.1) is 0 Å². The van der Waals surface area contributed by atoms with E-state index in [0.717, 1.165) is 15.7 Å². The first-order chi connectivity index (χ1) is 8.91. The molecule has 0 aliphatic carbocycles. The van der Waals surface area contributed by atoms with Crippen molar-refractivity contribution in [3.8, 4) is 0 Å². The number of hydrogen-bond donors (Lipinski definition) is 1. The van der Waals surface area contributed by atoms with Crippen LogP contribution >= 0.6 is 15.9 Å². The van der Waals surface area contributed by atoms with Crippen molar-refractivity contribution in [3.63, 3.8) is 0 Å². The van der Waals surface area contributed by atoms with Crippen LogP contribution in [0.3, 0.4) is 0 Å². The van der Waals surface area contributed by atoms with E-state index in [0.29, 0.717) is 13.1 Å². The minimum Gasteiger partial charge on any atom is -0.367 e. The first-order valence-corrected chi connectivity index (χ1v) is 6.71. The fraction of sp³-hybridized carbons (Fsp3) is 0.385. The summed E-state index contributed by atoms with van der Waals surface area (Å²) in [5, 5.41) is 0. The Morgan fingerprint density at radius 1 is 1.32 bits per heavy atom. The molecule has 1 heterocycles. The summed E-state index contributed by atoms with van der Waals surface area (Å²) in [7, 11) is 0.